The third-order valence-electron chi connectivity index (χ3n) is 3.92. The standard InChI is InChI=1S/C18H24N2O3/c1-3-23-17-7-5-4-6-15(17)8-9-18(22)19-16-10-12-20(13-11-16)14(2)21/h4-9,16H,3,10-13H2,1-2H3,(H,19,22)/b9-8+. The number of amides is 2. The molecule has 0 aliphatic carbocycles. The van der Waals surface area contributed by atoms with E-state index in [4.69, 9.17) is 4.74 Å². The summed E-state index contributed by atoms with van der Waals surface area (Å²) < 4.78 is 5.53. The van der Waals surface area contributed by atoms with Gasteiger partial charge in [-0.3, -0.25) is 9.59 Å². The fourth-order valence-electron chi connectivity index (χ4n) is 2.66. The maximum Gasteiger partial charge on any atom is 0.244 e. The quantitative estimate of drug-likeness (QED) is 0.848. The molecule has 124 valence electrons. The Morgan fingerprint density at radius 2 is 2.00 bits per heavy atom. The molecule has 1 aliphatic heterocycles. The van der Waals surface area contributed by atoms with Gasteiger partial charge in [0.15, 0.2) is 0 Å². The van der Waals surface area contributed by atoms with E-state index in [1.807, 2.05) is 36.1 Å². The summed E-state index contributed by atoms with van der Waals surface area (Å²) in [6, 6.07) is 7.76. The summed E-state index contributed by atoms with van der Waals surface area (Å²) in [7, 11) is 0. The highest BCUT2D eigenvalue weighted by molar-refractivity contribution is 5.92. The third kappa shape index (κ3) is 5.13. The van der Waals surface area contributed by atoms with Crippen LogP contribution in [0.25, 0.3) is 6.08 Å². The number of ether oxygens (including phenoxy) is 1. The molecular weight excluding hydrogens is 292 g/mol. The molecule has 0 bridgehead atoms. The van der Waals surface area contributed by atoms with Crippen molar-refractivity contribution in [1.29, 1.82) is 0 Å². The highest BCUT2D eigenvalue weighted by Crippen LogP contribution is 2.19. The minimum Gasteiger partial charge on any atom is -0.493 e. The number of hydrogen-bond donors (Lipinski definition) is 1. The van der Waals surface area contributed by atoms with Gasteiger partial charge in [0.2, 0.25) is 11.8 Å². The molecule has 1 heterocycles. The summed E-state index contributed by atoms with van der Waals surface area (Å²) in [5.41, 5.74) is 0.885. The minimum absolute atomic E-state index is 0.0993. The van der Waals surface area contributed by atoms with Crippen LogP contribution in [0.3, 0.4) is 0 Å². The predicted octanol–water partition coefficient (Wildman–Crippen LogP) is 2.23. The summed E-state index contributed by atoms with van der Waals surface area (Å²) in [6.45, 7) is 5.51. The molecule has 23 heavy (non-hydrogen) atoms. The van der Waals surface area contributed by atoms with Gasteiger partial charge in [-0.25, -0.2) is 0 Å². The Kier molecular flexibility index (Phi) is 6.20. The van der Waals surface area contributed by atoms with Crippen LogP contribution in [0.1, 0.15) is 32.3 Å². The van der Waals surface area contributed by atoms with Crippen LogP contribution in [0.4, 0.5) is 0 Å². The van der Waals surface area contributed by atoms with E-state index in [9.17, 15) is 9.59 Å². The number of piperidine rings is 1. The van der Waals surface area contributed by atoms with E-state index in [2.05, 4.69) is 5.32 Å². The fourth-order valence-corrected chi connectivity index (χ4v) is 2.66. The topological polar surface area (TPSA) is 58.6 Å². The van der Waals surface area contributed by atoms with Crippen molar-refractivity contribution in [2.24, 2.45) is 0 Å². The summed E-state index contributed by atoms with van der Waals surface area (Å²) in [5.74, 6) is 0.758. The van der Waals surface area contributed by atoms with Gasteiger partial charge in [0.1, 0.15) is 5.75 Å². The lowest BCUT2D eigenvalue weighted by atomic mass is 10.0. The maximum absolute atomic E-state index is 12.0. The molecule has 1 fully saturated rings. The number of rotatable bonds is 5. The van der Waals surface area contributed by atoms with Crippen LogP contribution in [0.2, 0.25) is 0 Å². The van der Waals surface area contributed by atoms with E-state index in [-0.39, 0.29) is 17.9 Å². The average molecular weight is 316 g/mol. The Labute approximate surface area is 137 Å². The number of carbonyl (C=O) groups excluding carboxylic acids is 2. The molecule has 1 saturated heterocycles. The molecule has 5 heteroatoms. The van der Waals surface area contributed by atoms with E-state index in [0.29, 0.717) is 19.7 Å². The van der Waals surface area contributed by atoms with Gasteiger partial charge < -0.3 is 15.0 Å². The lowest BCUT2D eigenvalue weighted by molar-refractivity contribution is -0.129. The zero-order chi connectivity index (χ0) is 16.7. The Bertz CT molecular complexity index is 575. The van der Waals surface area contributed by atoms with Gasteiger partial charge in [0, 0.05) is 37.7 Å². The smallest absolute Gasteiger partial charge is 0.244 e. The summed E-state index contributed by atoms with van der Waals surface area (Å²) in [4.78, 5) is 25.2. The van der Waals surface area contributed by atoms with Crippen LogP contribution in [-0.2, 0) is 9.59 Å². The van der Waals surface area contributed by atoms with E-state index in [1.165, 1.54) is 6.08 Å². The molecule has 1 N–H and O–H groups in total. The molecular formula is C18H24N2O3. The van der Waals surface area contributed by atoms with Crippen molar-refractivity contribution in [3.05, 3.63) is 35.9 Å². The number of likely N-dealkylation sites (tertiary alicyclic amines) is 1. The van der Waals surface area contributed by atoms with Crippen molar-refractivity contribution in [2.45, 2.75) is 32.7 Å². The van der Waals surface area contributed by atoms with Crippen LogP contribution in [0.5, 0.6) is 5.75 Å². The lowest BCUT2D eigenvalue weighted by Crippen LogP contribution is -2.45. The Hall–Kier alpha value is -2.30. The van der Waals surface area contributed by atoms with E-state index in [1.54, 1.807) is 13.0 Å². The number of benzene rings is 1. The second-order valence-corrected chi connectivity index (χ2v) is 5.59. The molecule has 0 atom stereocenters. The molecule has 2 amide bonds. The number of nitrogens with one attached hydrogen (secondary N) is 1. The van der Waals surface area contributed by atoms with Gasteiger partial charge in [0.25, 0.3) is 0 Å². The van der Waals surface area contributed by atoms with Crippen molar-refractivity contribution < 1.29 is 14.3 Å². The molecule has 0 saturated carbocycles. The normalized spacial score (nSPS) is 15.7. The van der Waals surface area contributed by atoms with Gasteiger partial charge >= 0.3 is 0 Å². The Morgan fingerprint density at radius 3 is 2.65 bits per heavy atom. The Balaban J connectivity index is 1.87. The van der Waals surface area contributed by atoms with Crippen molar-refractivity contribution in [3.63, 3.8) is 0 Å². The van der Waals surface area contributed by atoms with Gasteiger partial charge in [-0.15, -0.1) is 0 Å². The number of para-hydroxylation sites is 1. The van der Waals surface area contributed by atoms with E-state index >= 15 is 0 Å². The molecule has 1 aromatic carbocycles. The zero-order valence-corrected chi connectivity index (χ0v) is 13.7. The van der Waals surface area contributed by atoms with Gasteiger partial charge in [0.05, 0.1) is 6.61 Å². The summed E-state index contributed by atoms with van der Waals surface area (Å²) in [5, 5.41) is 3.00. The summed E-state index contributed by atoms with van der Waals surface area (Å²) >= 11 is 0. The van der Waals surface area contributed by atoms with Gasteiger partial charge in [-0.2, -0.15) is 0 Å². The predicted molar refractivity (Wildman–Crippen MR) is 90.1 cm³/mol. The number of hydrogen-bond acceptors (Lipinski definition) is 3. The molecule has 1 aliphatic rings. The van der Waals surface area contributed by atoms with Crippen molar-refractivity contribution >= 4 is 17.9 Å². The van der Waals surface area contributed by atoms with Gasteiger partial charge in [-0.05, 0) is 31.9 Å². The first-order valence-electron chi connectivity index (χ1n) is 8.06. The fraction of sp³-hybridized carbons (Fsp3) is 0.444. The van der Waals surface area contributed by atoms with Gasteiger partial charge in [-0.1, -0.05) is 18.2 Å². The molecule has 0 spiro atoms. The van der Waals surface area contributed by atoms with Crippen molar-refractivity contribution in [1.82, 2.24) is 10.2 Å². The lowest BCUT2D eigenvalue weighted by Gasteiger charge is -2.31. The monoisotopic (exact) mass is 316 g/mol. The third-order valence-corrected chi connectivity index (χ3v) is 3.92. The molecule has 2 rings (SSSR count). The SMILES string of the molecule is CCOc1ccccc1/C=C/C(=O)NC1CCN(C(C)=O)CC1. The summed E-state index contributed by atoms with van der Waals surface area (Å²) in [6.07, 6.45) is 4.91. The molecule has 0 unspecified atom stereocenters. The van der Waals surface area contributed by atoms with Crippen molar-refractivity contribution in [3.8, 4) is 5.75 Å². The molecule has 5 nitrogen and oxygen atoms in total. The minimum atomic E-state index is -0.113. The van der Waals surface area contributed by atoms with Crippen molar-refractivity contribution in [2.75, 3.05) is 19.7 Å². The molecule has 0 radical (unpaired) electrons. The maximum atomic E-state index is 12.0. The first-order valence-corrected chi connectivity index (χ1v) is 8.06. The van der Waals surface area contributed by atoms with E-state index in [0.717, 1.165) is 24.2 Å². The van der Waals surface area contributed by atoms with Crippen LogP contribution in [0.15, 0.2) is 30.3 Å². The average Bonchev–Trinajstić information content (AvgIpc) is 2.55. The van der Waals surface area contributed by atoms with Crippen LogP contribution < -0.4 is 10.1 Å². The zero-order valence-electron chi connectivity index (χ0n) is 13.7. The van der Waals surface area contributed by atoms with E-state index < -0.39 is 0 Å². The highest BCUT2D eigenvalue weighted by atomic mass is 16.5. The second kappa shape index (κ2) is 8.36. The number of nitrogens with zero attached hydrogens (tertiary/aromatic N) is 1. The first kappa shape index (κ1) is 17.1. The van der Waals surface area contributed by atoms with Crippen LogP contribution >= 0.6 is 0 Å². The highest BCUT2D eigenvalue weighted by Gasteiger charge is 2.21. The second-order valence-electron chi connectivity index (χ2n) is 5.59. The molecule has 1 aromatic rings. The Morgan fingerprint density at radius 1 is 1.30 bits per heavy atom. The molecule has 0 aromatic heterocycles. The van der Waals surface area contributed by atoms with Crippen LogP contribution in [-0.4, -0.2) is 42.5 Å². The first-order chi connectivity index (χ1) is 11.1. The van der Waals surface area contributed by atoms with Crippen LogP contribution in [0, 0.1) is 0 Å². The number of carbonyl (C=O) groups is 2. The largest absolute Gasteiger partial charge is 0.493 e.